The molecule has 8 heteroatoms. The Balaban J connectivity index is 1.61. The Morgan fingerprint density at radius 2 is 1.62 bits per heavy atom. The van der Waals surface area contributed by atoms with Gasteiger partial charge in [-0.3, -0.25) is 10.1 Å². The van der Waals surface area contributed by atoms with Crippen LogP contribution in [0.25, 0.3) is 22.2 Å². The van der Waals surface area contributed by atoms with Crippen molar-refractivity contribution >= 4 is 34.1 Å². The third kappa shape index (κ3) is 4.92. The largest absolute Gasteiger partial charge is 0.444 e. The van der Waals surface area contributed by atoms with Crippen molar-refractivity contribution in [2.75, 3.05) is 10.6 Å². The molecule has 0 aliphatic rings. The van der Waals surface area contributed by atoms with Gasteiger partial charge in [-0.05, 0) is 67.9 Å². The molecule has 4 aromatic rings. The van der Waals surface area contributed by atoms with Gasteiger partial charge in [0.15, 0.2) is 0 Å². The zero-order valence-corrected chi connectivity index (χ0v) is 17.9. The molecule has 2 amide bonds. The Labute approximate surface area is 184 Å². The number of hydrogen-bond donors (Lipinski definition) is 2. The van der Waals surface area contributed by atoms with Crippen molar-refractivity contribution in [1.29, 1.82) is 0 Å². The van der Waals surface area contributed by atoms with Crippen LogP contribution in [0.1, 0.15) is 31.1 Å². The lowest BCUT2D eigenvalue weighted by Gasteiger charge is -2.20. The van der Waals surface area contributed by atoms with Crippen molar-refractivity contribution in [3.63, 3.8) is 0 Å². The first-order valence-corrected chi connectivity index (χ1v) is 9.99. The SMILES string of the molecule is CC(C)(C)OC(=O)Nc1cc2ccccc2cc1C(=O)Nc1ccc(-c2nnco2)cc1. The maximum atomic E-state index is 13.1. The Kier molecular flexibility index (Phi) is 5.59. The molecule has 0 saturated heterocycles. The summed E-state index contributed by atoms with van der Waals surface area (Å²) in [4.78, 5) is 25.5. The Morgan fingerprint density at radius 3 is 2.25 bits per heavy atom. The minimum atomic E-state index is -0.663. The highest BCUT2D eigenvalue weighted by Gasteiger charge is 2.20. The molecule has 0 fully saturated rings. The first-order chi connectivity index (χ1) is 15.3. The number of hydrogen-bond acceptors (Lipinski definition) is 6. The lowest BCUT2D eigenvalue weighted by Crippen LogP contribution is -2.28. The molecule has 0 unspecified atom stereocenters. The van der Waals surface area contributed by atoms with Gasteiger partial charge in [0.05, 0.1) is 11.3 Å². The van der Waals surface area contributed by atoms with Crippen LogP contribution in [-0.2, 0) is 4.74 Å². The summed E-state index contributed by atoms with van der Waals surface area (Å²) in [5.74, 6) is 0.0219. The lowest BCUT2D eigenvalue weighted by molar-refractivity contribution is 0.0636. The standard InChI is InChI=1S/C24H22N4O4/c1-24(2,3)32-23(30)27-20-13-17-7-5-4-6-16(17)12-19(20)21(29)26-18-10-8-15(9-11-18)22-28-25-14-31-22/h4-14H,1-3H3,(H,26,29)(H,27,30). The first-order valence-electron chi connectivity index (χ1n) is 9.99. The molecule has 1 aromatic heterocycles. The monoisotopic (exact) mass is 430 g/mol. The summed E-state index contributed by atoms with van der Waals surface area (Å²) < 4.78 is 10.5. The molecule has 0 spiro atoms. The van der Waals surface area contributed by atoms with E-state index in [9.17, 15) is 9.59 Å². The van der Waals surface area contributed by atoms with Gasteiger partial charge in [0.25, 0.3) is 5.91 Å². The molecule has 8 nitrogen and oxygen atoms in total. The molecule has 0 aliphatic heterocycles. The number of nitrogens with one attached hydrogen (secondary N) is 2. The van der Waals surface area contributed by atoms with Crippen LogP contribution in [0.2, 0.25) is 0 Å². The predicted octanol–water partition coefficient (Wildman–Crippen LogP) is 5.49. The van der Waals surface area contributed by atoms with E-state index in [1.807, 2.05) is 24.3 Å². The van der Waals surface area contributed by atoms with Crippen LogP contribution in [0, 0.1) is 0 Å². The number of carbonyl (C=O) groups is 2. The lowest BCUT2D eigenvalue weighted by atomic mass is 10.0. The van der Waals surface area contributed by atoms with Gasteiger partial charge in [-0.2, -0.15) is 0 Å². The van der Waals surface area contributed by atoms with Crippen LogP contribution in [0.3, 0.4) is 0 Å². The highest BCUT2D eigenvalue weighted by Crippen LogP contribution is 2.26. The summed E-state index contributed by atoms with van der Waals surface area (Å²) in [6.07, 6.45) is 0.620. The summed E-state index contributed by atoms with van der Waals surface area (Å²) in [6.45, 7) is 5.33. The molecule has 0 bridgehead atoms. The fourth-order valence-corrected chi connectivity index (χ4v) is 3.14. The molecular formula is C24H22N4O4. The van der Waals surface area contributed by atoms with Crippen LogP contribution in [0.15, 0.2) is 71.5 Å². The maximum Gasteiger partial charge on any atom is 0.412 e. The predicted molar refractivity (Wildman–Crippen MR) is 121 cm³/mol. The van der Waals surface area contributed by atoms with E-state index in [-0.39, 0.29) is 5.91 Å². The van der Waals surface area contributed by atoms with Gasteiger partial charge < -0.3 is 14.5 Å². The quantitative estimate of drug-likeness (QED) is 0.443. The van der Waals surface area contributed by atoms with Gasteiger partial charge in [0.1, 0.15) is 5.60 Å². The highest BCUT2D eigenvalue weighted by molar-refractivity contribution is 6.12. The van der Waals surface area contributed by atoms with Crippen molar-refractivity contribution in [3.05, 3.63) is 72.6 Å². The zero-order valence-electron chi connectivity index (χ0n) is 17.9. The van der Waals surface area contributed by atoms with Gasteiger partial charge in [-0.15, -0.1) is 10.2 Å². The summed E-state index contributed by atoms with van der Waals surface area (Å²) in [6, 6.07) is 18.1. The molecule has 162 valence electrons. The fourth-order valence-electron chi connectivity index (χ4n) is 3.14. The van der Waals surface area contributed by atoms with E-state index in [0.717, 1.165) is 16.3 Å². The van der Waals surface area contributed by atoms with Crippen molar-refractivity contribution in [3.8, 4) is 11.5 Å². The second kappa shape index (κ2) is 8.50. The summed E-state index contributed by atoms with van der Waals surface area (Å²) in [5.41, 5.74) is 1.32. The van der Waals surface area contributed by atoms with Crippen molar-refractivity contribution in [2.45, 2.75) is 26.4 Å². The molecule has 0 saturated carbocycles. The smallest absolute Gasteiger partial charge is 0.412 e. The fraction of sp³-hybridized carbons (Fsp3) is 0.167. The van der Waals surface area contributed by atoms with Crippen LogP contribution in [0.5, 0.6) is 0 Å². The van der Waals surface area contributed by atoms with Gasteiger partial charge in [0.2, 0.25) is 12.3 Å². The van der Waals surface area contributed by atoms with Crippen LogP contribution in [-0.4, -0.2) is 27.8 Å². The minimum Gasteiger partial charge on any atom is -0.444 e. The van der Waals surface area contributed by atoms with Crippen molar-refractivity contribution in [1.82, 2.24) is 10.2 Å². The topological polar surface area (TPSA) is 106 Å². The number of carbonyl (C=O) groups excluding carboxylic acids is 2. The average Bonchev–Trinajstić information content (AvgIpc) is 3.27. The van der Waals surface area contributed by atoms with Crippen LogP contribution in [0.4, 0.5) is 16.2 Å². The molecule has 3 aromatic carbocycles. The molecule has 2 N–H and O–H groups in total. The number of anilines is 2. The van der Waals surface area contributed by atoms with E-state index in [4.69, 9.17) is 9.15 Å². The third-order valence-corrected chi connectivity index (χ3v) is 4.52. The van der Waals surface area contributed by atoms with E-state index >= 15 is 0 Å². The summed E-state index contributed by atoms with van der Waals surface area (Å²) in [7, 11) is 0. The number of fused-ring (bicyclic) bond motifs is 1. The van der Waals surface area contributed by atoms with E-state index in [0.29, 0.717) is 22.8 Å². The molecule has 0 aliphatic carbocycles. The van der Waals surface area contributed by atoms with E-state index in [2.05, 4.69) is 20.8 Å². The summed E-state index contributed by atoms with van der Waals surface area (Å²) >= 11 is 0. The average molecular weight is 430 g/mol. The normalized spacial score (nSPS) is 11.2. The molecular weight excluding hydrogens is 408 g/mol. The molecule has 0 atom stereocenters. The number of ether oxygens (including phenoxy) is 1. The summed E-state index contributed by atoms with van der Waals surface area (Å²) in [5, 5.41) is 14.8. The van der Waals surface area contributed by atoms with E-state index in [1.54, 1.807) is 57.2 Å². The number of aromatic nitrogens is 2. The van der Waals surface area contributed by atoms with Gasteiger partial charge in [-0.25, -0.2) is 4.79 Å². The van der Waals surface area contributed by atoms with E-state index < -0.39 is 11.7 Å². The molecule has 32 heavy (non-hydrogen) atoms. The molecule has 0 radical (unpaired) electrons. The molecule has 1 heterocycles. The Morgan fingerprint density at radius 1 is 0.938 bits per heavy atom. The zero-order chi connectivity index (χ0) is 22.7. The van der Waals surface area contributed by atoms with E-state index in [1.165, 1.54) is 6.39 Å². The number of benzene rings is 3. The number of amides is 2. The first kappa shape index (κ1) is 21.0. The highest BCUT2D eigenvalue weighted by atomic mass is 16.6. The number of rotatable bonds is 4. The van der Waals surface area contributed by atoms with Gasteiger partial charge in [-0.1, -0.05) is 24.3 Å². The Bertz CT molecular complexity index is 1260. The minimum absolute atomic E-state index is 0.315. The van der Waals surface area contributed by atoms with Crippen molar-refractivity contribution < 1.29 is 18.7 Å². The molecule has 4 rings (SSSR count). The number of nitrogens with zero attached hydrogens (tertiary/aromatic N) is 2. The second-order valence-electron chi connectivity index (χ2n) is 8.15. The van der Waals surface area contributed by atoms with Crippen molar-refractivity contribution in [2.24, 2.45) is 0 Å². The maximum absolute atomic E-state index is 13.1. The van der Waals surface area contributed by atoms with Gasteiger partial charge >= 0.3 is 6.09 Å². The Hall–Kier alpha value is -4.20. The van der Waals surface area contributed by atoms with Gasteiger partial charge in [0, 0.05) is 11.3 Å². The van der Waals surface area contributed by atoms with Crippen LogP contribution >= 0.6 is 0 Å². The van der Waals surface area contributed by atoms with Crippen LogP contribution < -0.4 is 10.6 Å². The second-order valence-corrected chi connectivity index (χ2v) is 8.15. The third-order valence-electron chi connectivity index (χ3n) is 4.52.